The van der Waals surface area contributed by atoms with Crippen molar-refractivity contribution in [3.05, 3.63) is 96.1 Å². The van der Waals surface area contributed by atoms with Crippen molar-refractivity contribution in [3.63, 3.8) is 0 Å². The number of hydrogen-bond donors (Lipinski definition) is 0. The van der Waals surface area contributed by atoms with E-state index in [9.17, 15) is 14.4 Å². The van der Waals surface area contributed by atoms with Crippen LogP contribution in [0, 0.1) is 0 Å². The Labute approximate surface area is 186 Å². The fraction of sp³-hybridized carbons (Fsp3) is 0.160. The molecule has 7 heteroatoms. The highest BCUT2D eigenvalue weighted by Gasteiger charge is 2.46. The highest BCUT2D eigenvalue weighted by Crippen LogP contribution is 2.29. The first-order valence-corrected chi connectivity index (χ1v) is 10.2. The summed E-state index contributed by atoms with van der Waals surface area (Å²) in [6, 6.07) is 25.2. The van der Waals surface area contributed by atoms with Gasteiger partial charge in [0.05, 0.1) is 25.5 Å². The lowest BCUT2D eigenvalue weighted by Crippen LogP contribution is -2.42. The van der Waals surface area contributed by atoms with Crippen LogP contribution in [0.1, 0.15) is 17.2 Å². The molecular weight excluding hydrogens is 406 g/mol. The molecule has 0 aliphatic carbocycles. The highest BCUT2D eigenvalue weighted by molar-refractivity contribution is 6.52. The Hall–Kier alpha value is -3.97. The number of imide groups is 2. The third kappa shape index (κ3) is 3.98. The molecule has 3 aromatic carbocycles. The number of benzene rings is 3. The molecule has 1 aliphatic heterocycles. The molecule has 4 amide bonds. The van der Waals surface area contributed by atoms with Crippen molar-refractivity contribution in [2.75, 3.05) is 25.7 Å². The van der Waals surface area contributed by atoms with E-state index in [0.717, 1.165) is 20.9 Å². The van der Waals surface area contributed by atoms with Gasteiger partial charge in [-0.05, 0) is 42.4 Å². The van der Waals surface area contributed by atoms with E-state index >= 15 is 0 Å². The Balaban J connectivity index is 1.61. The van der Waals surface area contributed by atoms with E-state index in [2.05, 4.69) is 0 Å². The minimum absolute atomic E-state index is 0.0372. The first-order valence-electron chi connectivity index (χ1n) is 10.2. The van der Waals surface area contributed by atoms with Gasteiger partial charge in [-0.25, -0.2) is 14.6 Å². The molecule has 0 atom stereocenters. The van der Waals surface area contributed by atoms with Crippen LogP contribution in [0.25, 0.3) is 0 Å². The number of carbonyl (C=O) groups excluding carboxylic acids is 3. The lowest BCUT2D eigenvalue weighted by Gasteiger charge is -2.31. The van der Waals surface area contributed by atoms with E-state index in [1.54, 1.807) is 24.3 Å². The summed E-state index contributed by atoms with van der Waals surface area (Å²) in [4.78, 5) is 42.2. The number of ether oxygens (including phenoxy) is 1. The number of anilines is 1. The second-order valence-corrected chi connectivity index (χ2v) is 7.48. The van der Waals surface area contributed by atoms with Gasteiger partial charge in [0, 0.05) is 0 Å². The first kappa shape index (κ1) is 21.3. The molecule has 0 bridgehead atoms. The standard InChI is InChI=1S/C25H23N3O4/c1-26(22(18-9-5-3-6-10-18)19-11-7-4-8-12-19)17-27-23(29)24(30)28(25(27)31)20-13-15-21(32-2)16-14-20/h3-16,22H,17H2,1-2H3. The van der Waals surface area contributed by atoms with Crippen molar-refractivity contribution in [2.45, 2.75) is 6.04 Å². The quantitative estimate of drug-likeness (QED) is 0.423. The van der Waals surface area contributed by atoms with E-state index in [-0.39, 0.29) is 12.7 Å². The van der Waals surface area contributed by atoms with Crippen molar-refractivity contribution in [2.24, 2.45) is 0 Å². The molecule has 3 aromatic rings. The number of carbonyl (C=O) groups is 3. The third-order valence-corrected chi connectivity index (χ3v) is 5.42. The zero-order chi connectivity index (χ0) is 22.7. The van der Waals surface area contributed by atoms with Crippen LogP contribution in [-0.2, 0) is 9.59 Å². The molecule has 32 heavy (non-hydrogen) atoms. The average molecular weight is 429 g/mol. The van der Waals surface area contributed by atoms with Gasteiger partial charge in [-0.15, -0.1) is 0 Å². The minimum atomic E-state index is -0.871. The number of methoxy groups -OCH3 is 1. The zero-order valence-corrected chi connectivity index (χ0v) is 17.8. The van der Waals surface area contributed by atoms with Crippen molar-refractivity contribution >= 4 is 23.5 Å². The number of urea groups is 1. The van der Waals surface area contributed by atoms with Crippen LogP contribution in [0.3, 0.4) is 0 Å². The first-order chi connectivity index (χ1) is 15.5. The fourth-order valence-corrected chi connectivity index (χ4v) is 3.87. The Bertz CT molecular complexity index is 1080. The van der Waals surface area contributed by atoms with Crippen molar-refractivity contribution in [3.8, 4) is 5.75 Å². The smallest absolute Gasteiger partial charge is 0.340 e. The Morgan fingerprint density at radius 2 is 1.31 bits per heavy atom. The van der Waals surface area contributed by atoms with Gasteiger partial charge in [0.25, 0.3) is 0 Å². The molecule has 1 heterocycles. The number of hydrogen-bond acceptors (Lipinski definition) is 5. The van der Waals surface area contributed by atoms with Crippen LogP contribution in [0.5, 0.6) is 5.75 Å². The van der Waals surface area contributed by atoms with Gasteiger partial charge in [-0.2, -0.15) is 0 Å². The third-order valence-electron chi connectivity index (χ3n) is 5.42. The summed E-state index contributed by atoms with van der Waals surface area (Å²) < 4.78 is 5.12. The normalized spacial score (nSPS) is 14.1. The molecule has 0 N–H and O–H groups in total. The predicted molar refractivity (Wildman–Crippen MR) is 120 cm³/mol. The largest absolute Gasteiger partial charge is 0.497 e. The molecule has 1 saturated heterocycles. The van der Waals surface area contributed by atoms with Gasteiger partial charge >= 0.3 is 17.8 Å². The SMILES string of the molecule is COc1ccc(N2C(=O)C(=O)N(CN(C)C(c3ccccc3)c3ccccc3)C2=O)cc1. The number of rotatable bonds is 7. The van der Waals surface area contributed by atoms with Crippen molar-refractivity contribution in [1.82, 2.24) is 9.80 Å². The van der Waals surface area contributed by atoms with Gasteiger partial charge in [-0.3, -0.25) is 14.5 Å². The van der Waals surface area contributed by atoms with Crippen molar-refractivity contribution < 1.29 is 19.1 Å². The molecule has 0 aromatic heterocycles. The lowest BCUT2D eigenvalue weighted by molar-refractivity contribution is -0.140. The summed E-state index contributed by atoms with van der Waals surface area (Å²) in [5.41, 5.74) is 2.35. The van der Waals surface area contributed by atoms with Crippen LogP contribution < -0.4 is 9.64 Å². The van der Waals surface area contributed by atoms with Crippen LogP contribution in [-0.4, -0.2) is 48.5 Å². The van der Waals surface area contributed by atoms with Gasteiger partial charge in [-0.1, -0.05) is 60.7 Å². The molecule has 0 radical (unpaired) electrons. The molecule has 7 nitrogen and oxygen atoms in total. The molecular formula is C25H23N3O4. The second kappa shape index (κ2) is 9.03. The van der Waals surface area contributed by atoms with E-state index in [1.165, 1.54) is 7.11 Å². The summed E-state index contributed by atoms with van der Waals surface area (Å²) in [6.45, 7) is -0.0372. The summed E-state index contributed by atoms with van der Waals surface area (Å²) in [5.74, 6) is -1.13. The molecule has 162 valence electrons. The van der Waals surface area contributed by atoms with Crippen LogP contribution in [0.2, 0.25) is 0 Å². The van der Waals surface area contributed by atoms with Crippen molar-refractivity contribution in [1.29, 1.82) is 0 Å². The maximum atomic E-state index is 13.1. The maximum absolute atomic E-state index is 13.1. The molecule has 1 aliphatic rings. The Morgan fingerprint density at radius 3 is 1.81 bits per heavy atom. The molecule has 1 fully saturated rings. The maximum Gasteiger partial charge on any atom is 0.340 e. The highest BCUT2D eigenvalue weighted by atomic mass is 16.5. The fourth-order valence-electron chi connectivity index (χ4n) is 3.87. The van der Waals surface area contributed by atoms with E-state index in [1.807, 2.05) is 72.6 Å². The molecule has 4 rings (SSSR count). The monoisotopic (exact) mass is 429 g/mol. The Morgan fingerprint density at radius 1 is 0.781 bits per heavy atom. The van der Waals surface area contributed by atoms with E-state index in [4.69, 9.17) is 4.74 Å². The Kier molecular flexibility index (Phi) is 6.00. The molecule has 0 saturated carbocycles. The zero-order valence-electron chi connectivity index (χ0n) is 17.8. The van der Waals surface area contributed by atoms with Crippen LogP contribution in [0.4, 0.5) is 10.5 Å². The summed E-state index contributed by atoms with van der Waals surface area (Å²) in [7, 11) is 3.35. The topological polar surface area (TPSA) is 70.2 Å². The van der Waals surface area contributed by atoms with E-state index < -0.39 is 17.8 Å². The summed E-state index contributed by atoms with van der Waals surface area (Å²) in [6.07, 6.45) is 0. The summed E-state index contributed by atoms with van der Waals surface area (Å²) in [5, 5.41) is 0. The van der Waals surface area contributed by atoms with E-state index in [0.29, 0.717) is 11.4 Å². The van der Waals surface area contributed by atoms with Gasteiger partial charge in [0.1, 0.15) is 5.75 Å². The van der Waals surface area contributed by atoms with Crippen LogP contribution in [0.15, 0.2) is 84.9 Å². The number of amides is 4. The van der Waals surface area contributed by atoms with Gasteiger partial charge < -0.3 is 4.74 Å². The average Bonchev–Trinajstić information content (AvgIpc) is 3.04. The molecule has 0 spiro atoms. The summed E-state index contributed by atoms with van der Waals surface area (Å²) >= 11 is 0. The molecule has 0 unspecified atom stereocenters. The minimum Gasteiger partial charge on any atom is -0.497 e. The second-order valence-electron chi connectivity index (χ2n) is 7.48. The van der Waals surface area contributed by atoms with Crippen LogP contribution >= 0.6 is 0 Å². The van der Waals surface area contributed by atoms with Gasteiger partial charge in [0.15, 0.2) is 0 Å². The number of nitrogens with zero attached hydrogens (tertiary/aromatic N) is 3. The predicted octanol–water partition coefficient (Wildman–Crippen LogP) is 3.67. The van der Waals surface area contributed by atoms with Gasteiger partial charge in [0.2, 0.25) is 0 Å². The lowest BCUT2D eigenvalue weighted by atomic mass is 9.98.